The molecule has 0 aliphatic carbocycles. The number of nitrogens with zero attached hydrogens (tertiary/aromatic N) is 1. The summed E-state index contributed by atoms with van der Waals surface area (Å²) in [5.41, 5.74) is 1.42. The first kappa shape index (κ1) is 15.3. The third-order valence-corrected chi connectivity index (χ3v) is 3.20. The van der Waals surface area contributed by atoms with E-state index in [1.807, 2.05) is 31.2 Å². The van der Waals surface area contributed by atoms with Crippen LogP contribution in [-0.4, -0.2) is 47.3 Å². The molecule has 5 heteroatoms. The SMILES string of the molecule is Cc1ccc(-c2ccc(C(=O)N(C)C[C@@H](O)CO)cc2)o1. The van der Waals surface area contributed by atoms with Crippen molar-refractivity contribution in [2.45, 2.75) is 13.0 Å². The molecular weight excluding hydrogens is 270 g/mol. The van der Waals surface area contributed by atoms with Crippen LogP contribution >= 0.6 is 0 Å². The number of carbonyl (C=O) groups excluding carboxylic acids is 1. The Morgan fingerprint density at radius 2 is 1.90 bits per heavy atom. The fraction of sp³-hybridized carbons (Fsp3) is 0.312. The number of likely N-dealkylation sites (N-methyl/N-ethyl adjacent to an activating group) is 1. The topological polar surface area (TPSA) is 73.9 Å². The Labute approximate surface area is 123 Å². The van der Waals surface area contributed by atoms with E-state index < -0.39 is 6.10 Å². The van der Waals surface area contributed by atoms with Crippen molar-refractivity contribution >= 4 is 5.91 Å². The minimum atomic E-state index is -0.927. The number of aliphatic hydroxyl groups is 2. The number of rotatable bonds is 5. The van der Waals surface area contributed by atoms with Crippen molar-refractivity contribution in [1.82, 2.24) is 4.90 Å². The molecule has 0 aliphatic rings. The van der Waals surface area contributed by atoms with E-state index in [1.165, 1.54) is 4.90 Å². The van der Waals surface area contributed by atoms with Crippen molar-refractivity contribution in [3.05, 3.63) is 47.7 Å². The lowest BCUT2D eigenvalue weighted by Gasteiger charge is -2.19. The molecule has 1 aromatic carbocycles. The second-order valence-corrected chi connectivity index (χ2v) is 5.01. The predicted octanol–water partition coefficient (Wildman–Crippen LogP) is 1.68. The van der Waals surface area contributed by atoms with Gasteiger partial charge in [0.1, 0.15) is 11.5 Å². The second-order valence-electron chi connectivity index (χ2n) is 5.01. The Balaban J connectivity index is 2.09. The molecule has 112 valence electrons. The van der Waals surface area contributed by atoms with Crippen molar-refractivity contribution in [3.63, 3.8) is 0 Å². The van der Waals surface area contributed by atoms with E-state index in [2.05, 4.69) is 0 Å². The Kier molecular flexibility index (Phi) is 4.77. The molecule has 2 rings (SSSR count). The van der Waals surface area contributed by atoms with Gasteiger partial charge in [-0.2, -0.15) is 0 Å². The molecular formula is C16H19NO4. The lowest BCUT2D eigenvalue weighted by molar-refractivity contribution is 0.0520. The summed E-state index contributed by atoms with van der Waals surface area (Å²) in [5, 5.41) is 18.2. The van der Waals surface area contributed by atoms with E-state index in [0.29, 0.717) is 5.56 Å². The molecule has 0 radical (unpaired) electrons. The summed E-state index contributed by atoms with van der Waals surface area (Å²) >= 11 is 0. The summed E-state index contributed by atoms with van der Waals surface area (Å²) in [6.07, 6.45) is -0.927. The molecule has 1 atom stereocenters. The van der Waals surface area contributed by atoms with Crippen LogP contribution in [-0.2, 0) is 0 Å². The van der Waals surface area contributed by atoms with Crippen molar-refractivity contribution < 1.29 is 19.4 Å². The molecule has 0 saturated heterocycles. The highest BCUT2D eigenvalue weighted by Crippen LogP contribution is 2.22. The fourth-order valence-electron chi connectivity index (χ4n) is 2.04. The molecule has 0 spiro atoms. The monoisotopic (exact) mass is 289 g/mol. The molecule has 0 saturated carbocycles. The van der Waals surface area contributed by atoms with Gasteiger partial charge in [-0.25, -0.2) is 0 Å². The minimum absolute atomic E-state index is 0.0917. The molecule has 1 amide bonds. The Morgan fingerprint density at radius 1 is 1.24 bits per heavy atom. The summed E-state index contributed by atoms with van der Waals surface area (Å²) < 4.78 is 5.53. The summed E-state index contributed by atoms with van der Waals surface area (Å²) in [6.45, 7) is 1.60. The van der Waals surface area contributed by atoms with Gasteiger partial charge in [0.15, 0.2) is 0 Å². The second kappa shape index (κ2) is 6.56. The van der Waals surface area contributed by atoms with Gasteiger partial charge in [0.25, 0.3) is 5.91 Å². The zero-order valence-corrected chi connectivity index (χ0v) is 12.1. The van der Waals surface area contributed by atoms with E-state index in [1.54, 1.807) is 19.2 Å². The highest BCUT2D eigenvalue weighted by Gasteiger charge is 2.15. The number of aliphatic hydroxyl groups excluding tert-OH is 2. The smallest absolute Gasteiger partial charge is 0.253 e. The normalized spacial score (nSPS) is 12.2. The van der Waals surface area contributed by atoms with Crippen LogP contribution in [0.4, 0.5) is 0 Å². The van der Waals surface area contributed by atoms with Crippen LogP contribution in [0.15, 0.2) is 40.8 Å². The van der Waals surface area contributed by atoms with Gasteiger partial charge in [0.05, 0.1) is 12.7 Å². The zero-order valence-electron chi connectivity index (χ0n) is 12.1. The van der Waals surface area contributed by atoms with Crippen LogP contribution in [0.1, 0.15) is 16.1 Å². The molecule has 0 bridgehead atoms. The number of hydrogen-bond acceptors (Lipinski definition) is 4. The lowest BCUT2D eigenvalue weighted by atomic mass is 10.1. The molecule has 1 heterocycles. The number of carbonyl (C=O) groups is 1. The summed E-state index contributed by atoms with van der Waals surface area (Å²) in [7, 11) is 1.59. The largest absolute Gasteiger partial charge is 0.461 e. The number of furan rings is 1. The molecule has 2 aromatic rings. The van der Waals surface area contributed by atoms with Crippen LogP contribution in [0, 0.1) is 6.92 Å². The van der Waals surface area contributed by atoms with Gasteiger partial charge >= 0.3 is 0 Å². The summed E-state index contributed by atoms with van der Waals surface area (Å²) in [5.74, 6) is 1.39. The van der Waals surface area contributed by atoms with Crippen molar-refractivity contribution in [2.75, 3.05) is 20.2 Å². The Hall–Kier alpha value is -2.11. The minimum Gasteiger partial charge on any atom is -0.461 e. The lowest BCUT2D eigenvalue weighted by Crippen LogP contribution is -2.35. The summed E-state index contributed by atoms with van der Waals surface area (Å²) in [6, 6.07) is 10.9. The van der Waals surface area contributed by atoms with Crippen LogP contribution in [0.3, 0.4) is 0 Å². The number of amides is 1. The Bertz CT molecular complexity index is 603. The quantitative estimate of drug-likeness (QED) is 0.878. The first-order valence-electron chi connectivity index (χ1n) is 6.72. The third-order valence-electron chi connectivity index (χ3n) is 3.20. The van der Waals surface area contributed by atoms with Crippen LogP contribution < -0.4 is 0 Å². The van der Waals surface area contributed by atoms with Crippen molar-refractivity contribution in [3.8, 4) is 11.3 Å². The molecule has 21 heavy (non-hydrogen) atoms. The van der Waals surface area contributed by atoms with Gasteiger partial charge in [-0.3, -0.25) is 4.79 Å². The van der Waals surface area contributed by atoms with Crippen LogP contribution in [0.2, 0.25) is 0 Å². The average Bonchev–Trinajstić information content (AvgIpc) is 2.93. The highest BCUT2D eigenvalue weighted by molar-refractivity contribution is 5.94. The van der Waals surface area contributed by atoms with E-state index in [0.717, 1.165) is 17.1 Å². The number of hydrogen-bond donors (Lipinski definition) is 2. The molecule has 0 aliphatic heterocycles. The first-order valence-corrected chi connectivity index (χ1v) is 6.72. The predicted molar refractivity (Wildman–Crippen MR) is 78.9 cm³/mol. The molecule has 2 N–H and O–H groups in total. The first-order chi connectivity index (χ1) is 10.0. The standard InChI is InChI=1S/C16H19NO4/c1-11-3-8-15(21-11)12-4-6-13(7-5-12)16(20)17(2)9-14(19)10-18/h3-8,14,18-19H,9-10H2,1-2H3/t14-/m1/s1. The maximum absolute atomic E-state index is 12.2. The highest BCUT2D eigenvalue weighted by atomic mass is 16.3. The van der Waals surface area contributed by atoms with Gasteiger partial charge < -0.3 is 19.5 Å². The summed E-state index contributed by atoms with van der Waals surface area (Å²) in [4.78, 5) is 13.5. The Morgan fingerprint density at radius 3 is 2.43 bits per heavy atom. The maximum atomic E-state index is 12.2. The van der Waals surface area contributed by atoms with Gasteiger partial charge in [-0.1, -0.05) is 12.1 Å². The maximum Gasteiger partial charge on any atom is 0.253 e. The van der Waals surface area contributed by atoms with E-state index in [4.69, 9.17) is 9.52 Å². The fourth-order valence-corrected chi connectivity index (χ4v) is 2.04. The van der Waals surface area contributed by atoms with Gasteiger partial charge in [-0.05, 0) is 31.2 Å². The number of aryl methyl sites for hydroxylation is 1. The van der Waals surface area contributed by atoms with Gasteiger partial charge in [0, 0.05) is 24.7 Å². The van der Waals surface area contributed by atoms with Crippen LogP contribution in [0.25, 0.3) is 11.3 Å². The van der Waals surface area contributed by atoms with E-state index in [-0.39, 0.29) is 19.1 Å². The number of benzene rings is 1. The van der Waals surface area contributed by atoms with Crippen molar-refractivity contribution in [2.24, 2.45) is 0 Å². The third kappa shape index (κ3) is 3.71. The van der Waals surface area contributed by atoms with Gasteiger partial charge in [0.2, 0.25) is 0 Å². The molecule has 5 nitrogen and oxygen atoms in total. The van der Waals surface area contributed by atoms with Crippen molar-refractivity contribution in [1.29, 1.82) is 0 Å². The van der Waals surface area contributed by atoms with E-state index >= 15 is 0 Å². The average molecular weight is 289 g/mol. The molecule has 1 aromatic heterocycles. The zero-order chi connectivity index (χ0) is 15.4. The van der Waals surface area contributed by atoms with Gasteiger partial charge in [-0.15, -0.1) is 0 Å². The van der Waals surface area contributed by atoms with Crippen LogP contribution in [0.5, 0.6) is 0 Å². The molecule has 0 fully saturated rings. The molecule has 0 unspecified atom stereocenters. The van der Waals surface area contributed by atoms with E-state index in [9.17, 15) is 9.90 Å².